The van der Waals surface area contributed by atoms with E-state index in [2.05, 4.69) is 5.32 Å². The van der Waals surface area contributed by atoms with Gasteiger partial charge in [-0.05, 0) is 30.5 Å². The first-order valence-corrected chi connectivity index (χ1v) is 8.73. The van der Waals surface area contributed by atoms with E-state index >= 15 is 0 Å². The van der Waals surface area contributed by atoms with Crippen molar-refractivity contribution < 1.29 is 9.18 Å². The first-order valence-electron chi connectivity index (χ1n) is 7.57. The second-order valence-corrected chi connectivity index (χ2v) is 6.96. The number of carbonyl (C=O) groups excluding carboxylic acids is 1. The molecule has 1 heterocycles. The molecule has 1 aromatic carbocycles. The predicted molar refractivity (Wildman–Crippen MR) is 83.7 cm³/mol. The Morgan fingerprint density at radius 1 is 1.43 bits per heavy atom. The minimum absolute atomic E-state index is 0.196. The van der Waals surface area contributed by atoms with Gasteiger partial charge in [0.1, 0.15) is 5.82 Å². The number of amides is 1. The second-order valence-electron chi connectivity index (χ2n) is 5.81. The van der Waals surface area contributed by atoms with Gasteiger partial charge in [-0.25, -0.2) is 4.39 Å². The molecule has 1 unspecified atom stereocenters. The van der Waals surface area contributed by atoms with E-state index in [1.54, 1.807) is 6.07 Å². The van der Waals surface area contributed by atoms with Crippen molar-refractivity contribution >= 4 is 17.7 Å². The number of hydrogen-bond acceptors (Lipinski definition) is 3. The molecule has 1 aromatic rings. The Morgan fingerprint density at radius 3 is 2.95 bits per heavy atom. The van der Waals surface area contributed by atoms with E-state index in [0.717, 1.165) is 36.5 Å². The van der Waals surface area contributed by atoms with Crippen LogP contribution in [0.4, 0.5) is 4.39 Å². The van der Waals surface area contributed by atoms with Crippen molar-refractivity contribution in [3.63, 3.8) is 0 Å². The molecule has 2 fully saturated rings. The lowest BCUT2D eigenvalue weighted by Crippen LogP contribution is -2.43. The molecule has 0 aromatic heterocycles. The summed E-state index contributed by atoms with van der Waals surface area (Å²) in [5, 5.41) is 3.41. The summed E-state index contributed by atoms with van der Waals surface area (Å²) in [5.41, 5.74) is 0.876. The van der Waals surface area contributed by atoms with E-state index in [4.69, 9.17) is 0 Å². The van der Waals surface area contributed by atoms with Crippen molar-refractivity contribution in [3.8, 4) is 0 Å². The number of nitrogens with one attached hydrogen (secondary N) is 1. The SMILES string of the molecule is O=C(CC1CSCCN1)N(Cc1cccc(F)c1)C1CC1. The van der Waals surface area contributed by atoms with E-state index in [-0.39, 0.29) is 17.8 Å². The summed E-state index contributed by atoms with van der Waals surface area (Å²) in [6.45, 7) is 1.51. The summed E-state index contributed by atoms with van der Waals surface area (Å²) in [6, 6.07) is 7.20. The van der Waals surface area contributed by atoms with E-state index in [9.17, 15) is 9.18 Å². The molecule has 1 saturated heterocycles. The summed E-state index contributed by atoms with van der Waals surface area (Å²) >= 11 is 1.90. The van der Waals surface area contributed by atoms with Crippen LogP contribution in [-0.4, -0.2) is 40.9 Å². The van der Waals surface area contributed by atoms with Gasteiger partial charge in [0.2, 0.25) is 5.91 Å². The van der Waals surface area contributed by atoms with Gasteiger partial charge < -0.3 is 10.2 Å². The average molecular weight is 308 g/mol. The molecule has 5 heteroatoms. The van der Waals surface area contributed by atoms with Crippen molar-refractivity contribution in [1.29, 1.82) is 0 Å². The fourth-order valence-electron chi connectivity index (χ4n) is 2.72. The van der Waals surface area contributed by atoms with Crippen molar-refractivity contribution in [3.05, 3.63) is 35.6 Å². The Bertz CT molecular complexity index is 501. The predicted octanol–water partition coefficient (Wildman–Crippen LogP) is 2.41. The molecule has 3 nitrogen and oxygen atoms in total. The minimum Gasteiger partial charge on any atom is -0.335 e. The first kappa shape index (κ1) is 14.9. The van der Waals surface area contributed by atoms with Crippen molar-refractivity contribution in [2.45, 2.75) is 37.9 Å². The number of hydrogen-bond donors (Lipinski definition) is 1. The van der Waals surface area contributed by atoms with Gasteiger partial charge in [-0.15, -0.1) is 0 Å². The lowest BCUT2D eigenvalue weighted by molar-refractivity contribution is -0.132. The zero-order valence-electron chi connectivity index (χ0n) is 12.1. The number of carbonyl (C=O) groups is 1. The van der Waals surface area contributed by atoms with Crippen LogP contribution in [0.2, 0.25) is 0 Å². The van der Waals surface area contributed by atoms with Crippen LogP contribution >= 0.6 is 11.8 Å². The fraction of sp³-hybridized carbons (Fsp3) is 0.562. The topological polar surface area (TPSA) is 32.3 Å². The van der Waals surface area contributed by atoms with Crippen LogP contribution in [0.25, 0.3) is 0 Å². The standard InChI is InChI=1S/C16H21FN2OS/c17-13-3-1-2-12(8-13)10-19(15-4-5-15)16(20)9-14-11-21-7-6-18-14/h1-3,8,14-15,18H,4-7,9-11H2. The van der Waals surface area contributed by atoms with Gasteiger partial charge in [0.15, 0.2) is 0 Å². The third-order valence-corrected chi connectivity index (χ3v) is 5.10. The average Bonchev–Trinajstić information content (AvgIpc) is 3.30. The van der Waals surface area contributed by atoms with Crippen LogP contribution < -0.4 is 5.32 Å². The van der Waals surface area contributed by atoms with Gasteiger partial charge in [-0.2, -0.15) is 11.8 Å². The molecule has 1 saturated carbocycles. The molecule has 2 aliphatic rings. The number of halogens is 1. The molecule has 114 valence electrons. The van der Waals surface area contributed by atoms with Gasteiger partial charge in [0.25, 0.3) is 0 Å². The molecule has 0 bridgehead atoms. The largest absolute Gasteiger partial charge is 0.335 e. The molecule has 21 heavy (non-hydrogen) atoms. The monoisotopic (exact) mass is 308 g/mol. The zero-order chi connectivity index (χ0) is 14.7. The molecule has 1 amide bonds. The Labute approximate surface area is 129 Å². The maximum atomic E-state index is 13.3. The van der Waals surface area contributed by atoms with Crippen molar-refractivity contribution in [2.24, 2.45) is 0 Å². The molecule has 0 spiro atoms. The Kier molecular flexibility index (Phi) is 4.80. The molecule has 1 aliphatic carbocycles. The summed E-state index contributed by atoms with van der Waals surface area (Å²) in [4.78, 5) is 14.5. The molecule has 1 atom stereocenters. The summed E-state index contributed by atoms with van der Waals surface area (Å²) in [6.07, 6.45) is 2.71. The number of benzene rings is 1. The number of nitrogens with zero attached hydrogens (tertiary/aromatic N) is 1. The molecule has 1 N–H and O–H groups in total. The van der Waals surface area contributed by atoms with Gasteiger partial charge in [0.05, 0.1) is 0 Å². The van der Waals surface area contributed by atoms with Gasteiger partial charge in [-0.3, -0.25) is 4.79 Å². The van der Waals surface area contributed by atoms with E-state index in [0.29, 0.717) is 19.0 Å². The first-order chi connectivity index (χ1) is 10.2. The quantitative estimate of drug-likeness (QED) is 0.906. The normalized spacial score (nSPS) is 22.0. The molecule has 0 radical (unpaired) electrons. The Hall–Kier alpha value is -1.07. The highest BCUT2D eigenvalue weighted by Gasteiger charge is 2.33. The van der Waals surface area contributed by atoms with Crippen LogP contribution in [0.1, 0.15) is 24.8 Å². The zero-order valence-corrected chi connectivity index (χ0v) is 12.9. The lowest BCUT2D eigenvalue weighted by atomic mass is 10.1. The Morgan fingerprint density at radius 2 is 2.29 bits per heavy atom. The summed E-state index contributed by atoms with van der Waals surface area (Å²) in [5.74, 6) is 2.09. The van der Waals surface area contributed by atoms with Crippen LogP contribution in [0.15, 0.2) is 24.3 Å². The fourth-order valence-corrected chi connectivity index (χ4v) is 3.67. The van der Waals surface area contributed by atoms with E-state index < -0.39 is 0 Å². The molecule has 1 aliphatic heterocycles. The van der Waals surface area contributed by atoms with Crippen molar-refractivity contribution in [2.75, 3.05) is 18.1 Å². The van der Waals surface area contributed by atoms with E-state index in [1.807, 2.05) is 22.7 Å². The molecule has 3 rings (SSSR count). The van der Waals surface area contributed by atoms with E-state index in [1.165, 1.54) is 12.1 Å². The molecular formula is C16H21FN2OS. The smallest absolute Gasteiger partial charge is 0.224 e. The number of thioether (sulfide) groups is 1. The highest BCUT2D eigenvalue weighted by Crippen LogP contribution is 2.29. The highest BCUT2D eigenvalue weighted by molar-refractivity contribution is 7.99. The number of rotatable bonds is 5. The van der Waals surface area contributed by atoms with Gasteiger partial charge in [0, 0.05) is 43.1 Å². The molecular weight excluding hydrogens is 287 g/mol. The lowest BCUT2D eigenvalue weighted by Gasteiger charge is -2.27. The third-order valence-electron chi connectivity index (χ3n) is 3.97. The third kappa shape index (κ3) is 4.20. The van der Waals surface area contributed by atoms with Gasteiger partial charge in [-0.1, -0.05) is 12.1 Å². The summed E-state index contributed by atoms with van der Waals surface area (Å²) < 4.78 is 13.3. The van der Waals surface area contributed by atoms with Crippen LogP contribution in [0.3, 0.4) is 0 Å². The summed E-state index contributed by atoms with van der Waals surface area (Å²) in [7, 11) is 0. The minimum atomic E-state index is -0.235. The van der Waals surface area contributed by atoms with Crippen LogP contribution in [0, 0.1) is 5.82 Å². The highest BCUT2D eigenvalue weighted by atomic mass is 32.2. The second kappa shape index (κ2) is 6.79. The van der Waals surface area contributed by atoms with Crippen LogP contribution in [-0.2, 0) is 11.3 Å². The van der Waals surface area contributed by atoms with Gasteiger partial charge >= 0.3 is 0 Å². The maximum absolute atomic E-state index is 13.3. The van der Waals surface area contributed by atoms with Crippen molar-refractivity contribution in [1.82, 2.24) is 10.2 Å². The van der Waals surface area contributed by atoms with Crippen LogP contribution in [0.5, 0.6) is 0 Å². The maximum Gasteiger partial charge on any atom is 0.224 e. The Balaban J connectivity index is 1.62.